The highest BCUT2D eigenvalue weighted by Gasteiger charge is 2.13. The lowest BCUT2D eigenvalue weighted by molar-refractivity contribution is 0.355. The molecule has 0 unspecified atom stereocenters. The first-order valence-corrected chi connectivity index (χ1v) is 9.40. The van der Waals surface area contributed by atoms with Gasteiger partial charge in [0.2, 0.25) is 0 Å². The predicted molar refractivity (Wildman–Crippen MR) is 119 cm³/mol. The number of ether oxygens (including phenoxy) is 2. The number of nitrogens with zero attached hydrogens (tertiary/aromatic N) is 3. The molecule has 0 aliphatic carbocycles. The van der Waals surface area contributed by atoms with Crippen LogP contribution < -0.4 is 20.2 Å². The third-order valence-corrected chi connectivity index (χ3v) is 4.53. The number of hydrogen-bond donors (Lipinski definition) is 2. The highest BCUT2D eigenvalue weighted by molar-refractivity contribution is 7.80. The van der Waals surface area contributed by atoms with Gasteiger partial charge in [-0.15, -0.1) is 0 Å². The van der Waals surface area contributed by atoms with E-state index in [0.717, 1.165) is 22.4 Å². The molecular formula is C21H23N5O2S. The fourth-order valence-corrected chi connectivity index (χ4v) is 2.86. The van der Waals surface area contributed by atoms with Gasteiger partial charge < -0.3 is 14.8 Å². The van der Waals surface area contributed by atoms with E-state index in [1.165, 1.54) is 0 Å². The van der Waals surface area contributed by atoms with E-state index < -0.39 is 0 Å². The number of methoxy groups -OCH3 is 2. The van der Waals surface area contributed by atoms with Gasteiger partial charge in [-0.3, -0.25) is 10.1 Å². The van der Waals surface area contributed by atoms with Crippen molar-refractivity contribution in [3.8, 4) is 22.8 Å². The Labute approximate surface area is 175 Å². The largest absolute Gasteiger partial charge is 0.493 e. The van der Waals surface area contributed by atoms with Gasteiger partial charge >= 0.3 is 0 Å². The first-order chi connectivity index (χ1) is 14.1. The van der Waals surface area contributed by atoms with Crippen LogP contribution in [-0.2, 0) is 6.54 Å². The SMILES string of the molecule is CNC(=S)N/N=C\c1cn(Cc2ccccc2)nc1-c1ccc(OC)c(OC)c1. The molecule has 1 aromatic heterocycles. The fourth-order valence-electron chi connectivity index (χ4n) is 2.81. The summed E-state index contributed by atoms with van der Waals surface area (Å²) in [5, 5.41) is 12.2. The number of hydrogen-bond acceptors (Lipinski definition) is 5. The van der Waals surface area contributed by atoms with Crippen LogP contribution in [0.3, 0.4) is 0 Å². The molecule has 0 fully saturated rings. The third kappa shape index (κ3) is 5.11. The molecule has 0 spiro atoms. The summed E-state index contributed by atoms with van der Waals surface area (Å²) < 4.78 is 12.7. The van der Waals surface area contributed by atoms with Crippen LogP contribution in [0.4, 0.5) is 0 Å². The maximum Gasteiger partial charge on any atom is 0.186 e. The van der Waals surface area contributed by atoms with Gasteiger partial charge in [-0.05, 0) is 36.0 Å². The highest BCUT2D eigenvalue weighted by atomic mass is 32.1. The molecule has 0 saturated heterocycles. The minimum Gasteiger partial charge on any atom is -0.493 e. The van der Waals surface area contributed by atoms with Crippen molar-refractivity contribution in [2.24, 2.45) is 5.10 Å². The van der Waals surface area contributed by atoms with Crippen LogP contribution in [-0.4, -0.2) is 42.4 Å². The molecule has 0 atom stereocenters. The normalized spacial score (nSPS) is 10.7. The number of aromatic nitrogens is 2. The number of hydrazone groups is 1. The van der Waals surface area contributed by atoms with E-state index in [4.69, 9.17) is 26.8 Å². The third-order valence-electron chi connectivity index (χ3n) is 4.23. The first kappa shape index (κ1) is 20.3. The maximum atomic E-state index is 5.44. The minimum atomic E-state index is 0.436. The lowest BCUT2D eigenvalue weighted by Crippen LogP contribution is -2.28. The summed E-state index contributed by atoms with van der Waals surface area (Å²) in [7, 11) is 4.96. The molecule has 0 aliphatic rings. The smallest absolute Gasteiger partial charge is 0.186 e. The van der Waals surface area contributed by atoms with E-state index in [1.54, 1.807) is 27.5 Å². The zero-order valence-electron chi connectivity index (χ0n) is 16.5. The summed E-state index contributed by atoms with van der Waals surface area (Å²) >= 11 is 5.06. The Balaban J connectivity index is 1.97. The Morgan fingerprint density at radius 3 is 2.59 bits per heavy atom. The molecular weight excluding hydrogens is 386 g/mol. The highest BCUT2D eigenvalue weighted by Crippen LogP contribution is 2.32. The minimum absolute atomic E-state index is 0.436. The number of nitrogens with one attached hydrogen (secondary N) is 2. The second-order valence-electron chi connectivity index (χ2n) is 6.14. The molecule has 7 nitrogen and oxygen atoms in total. The van der Waals surface area contributed by atoms with Crippen LogP contribution in [0.2, 0.25) is 0 Å². The maximum absolute atomic E-state index is 5.44. The van der Waals surface area contributed by atoms with Crippen molar-refractivity contribution < 1.29 is 9.47 Å². The van der Waals surface area contributed by atoms with Crippen molar-refractivity contribution in [3.63, 3.8) is 0 Å². The van der Waals surface area contributed by atoms with Crippen LogP contribution in [0.5, 0.6) is 11.5 Å². The monoisotopic (exact) mass is 409 g/mol. The first-order valence-electron chi connectivity index (χ1n) is 8.99. The quantitative estimate of drug-likeness (QED) is 0.355. The summed E-state index contributed by atoms with van der Waals surface area (Å²) in [4.78, 5) is 0. The lowest BCUT2D eigenvalue weighted by atomic mass is 10.1. The zero-order chi connectivity index (χ0) is 20.6. The molecule has 0 saturated carbocycles. The van der Waals surface area contributed by atoms with Gasteiger partial charge in [-0.25, -0.2) is 0 Å². The average molecular weight is 410 g/mol. The van der Waals surface area contributed by atoms with Gasteiger partial charge in [-0.2, -0.15) is 10.2 Å². The van der Waals surface area contributed by atoms with Crippen molar-refractivity contribution in [1.82, 2.24) is 20.5 Å². The molecule has 0 aliphatic heterocycles. The van der Waals surface area contributed by atoms with Crippen LogP contribution in [0.15, 0.2) is 59.8 Å². The molecule has 0 radical (unpaired) electrons. The van der Waals surface area contributed by atoms with Crippen molar-refractivity contribution in [3.05, 3.63) is 65.9 Å². The predicted octanol–water partition coefficient (Wildman–Crippen LogP) is 3.04. The Hall–Kier alpha value is -3.39. The van der Waals surface area contributed by atoms with E-state index >= 15 is 0 Å². The van der Waals surface area contributed by atoms with E-state index in [2.05, 4.69) is 28.0 Å². The van der Waals surface area contributed by atoms with Crippen molar-refractivity contribution in [2.75, 3.05) is 21.3 Å². The summed E-state index contributed by atoms with van der Waals surface area (Å²) in [6.07, 6.45) is 3.65. The number of thiocarbonyl (C=S) groups is 1. The van der Waals surface area contributed by atoms with Gasteiger partial charge in [0, 0.05) is 24.4 Å². The van der Waals surface area contributed by atoms with Crippen LogP contribution >= 0.6 is 12.2 Å². The standard InChI is InChI=1S/C21H23N5O2S/c1-22-21(29)24-23-12-17-14-26(13-15-7-5-4-6-8-15)25-20(17)16-9-10-18(27-2)19(11-16)28-3/h4-12,14H,13H2,1-3H3,(H2,22,24,29)/b23-12-. The molecule has 150 valence electrons. The van der Waals surface area contributed by atoms with Crippen LogP contribution in [0, 0.1) is 0 Å². The van der Waals surface area contributed by atoms with E-state index in [0.29, 0.717) is 23.2 Å². The second-order valence-corrected chi connectivity index (χ2v) is 6.54. The topological polar surface area (TPSA) is 72.7 Å². The van der Waals surface area contributed by atoms with Gasteiger partial charge in [0.25, 0.3) is 0 Å². The van der Waals surface area contributed by atoms with Crippen LogP contribution in [0.1, 0.15) is 11.1 Å². The van der Waals surface area contributed by atoms with E-state index in [-0.39, 0.29) is 0 Å². The van der Waals surface area contributed by atoms with Gasteiger partial charge in [0.05, 0.1) is 27.0 Å². The van der Waals surface area contributed by atoms with Gasteiger partial charge in [-0.1, -0.05) is 30.3 Å². The molecule has 29 heavy (non-hydrogen) atoms. The molecule has 1 heterocycles. The average Bonchev–Trinajstić information content (AvgIpc) is 3.16. The fraction of sp³-hybridized carbons (Fsp3) is 0.190. The lowest BCUT2D eigenvalue weighted by Gasteiger charge is -2.09. The van der Waals surface area contributed by atoms with E-state index in [1.807, 2.05) is 47.3 Å². The molecule has 0 amide bonds. The zero-order valence-corrected chi connectivity index (χ0v) is 17.4. The van der Waals surface area contributed by atoms with Crippen LogP contribution in [0.25, 0.3) is 11.3 Å². The summed E-state index contributed by atoms with van der Waals surface area (Å²) in [6.45, 7) is 0.650. The summed E-state index contributed by atoms with van der Waals surface area (Å²) in [5.41, 5.74) is 6.45. The molecule has 3 rings (SSSR count). The molecule has 3 aromatic rings. The molecule has 8 heteroatoms. The van der Waals surface area contributed by atoms with Crippen molar-refractivity contribution in [2.45, 2.75) is 6.54 Å². The molecule has 0 bridgehead atoms. The molecule has 2 N–H and O–H groups in total. The van der Waals surface area contributed by atoms with Crippen molar-refractivity contribution >= 4 is 23.5 Å². The Bertz CT molecular complexity index is 1000. The number of benzene rings is 2. The Morgan fingerprint density at radius 2 is 1.90 bits per heavy atom. The number of rotatable bonds is 7. The second kappa shape index (κ2) is 9.70. The summed E-state index contributed by atoms with van der Waals surface area (Å²) in [6, 6.07) is 15.9. The van der Waals surface area contributed by atoms with Gasteiger partial charge in [0.15, 0.2) is 16.6 Å². The van der Waals surface area contributed by atoms with Crippen molar-refractivity contribution in [1.29, 1.82) is 0 Å². The summed E-state index contributed by atoms with van der Waals surface area (Å²) in [5.74, 6) is 1.30. The Morgan fingerprint density at radius 1 is 1.14 bits per heavy atom. The molecule has 2 aromatic carbocycles. The Kier molecular flexibility index (Phi) is 6.80. The van der Waals surface area contributed by atoms with Gasteiger partial charge in [0.1, 0.15) is 5.69 Å². The van der Waals surface area contributed by atoms with E-state index in [9.17, 15) is 0 Å².